The minimum Gasteiger partial charge on any atom is -0.0599 e. The summed E-state index contributed by atoms with van der Waals surface area (Å²) in [5.74, 6) is 6.19. The maximum absolute atomic E-state index is 2.45. The van der Waals surface area contributed by atoms with Crippen molar-refractivity contribution in [3.05, 3.63) is 5.92 Å². The largest absolute Gasteiger partial charge is 0.0599 e. The fourth-order valence-electron chi connectivity index (χ4n) is 4.95. The maximum Gasteiger partial charge on any atom is -0.0197 e. The van der Waals surface area contributed by atoms with Crippen LogP contribution in [0.2, 0.25) is 0 Å². The summed E-state index contributed by atoms with van der Waals surface area (Å²) in [5.41, 5.74) is 0.535. The minimum absolute atomic E-state index is 0.535. The first-order valence-corrected chi connectivity index (χ1v) is 6.38. The molecule has 4 aliphatic carbocycles. The molecule has 4 saturated carbocycles. The predicted molar refractivity (Wildman–Crippen MR) is 59.7 cm³/mol. The Bertz CT molecular complexity index is 205. The Morgan fingerprint density at radius 1 is 0.929 bits per heavy atom. The molecule has 4 rings (SSSR count). The van der Waals surface area contributed by atoms with E-state index in [0.717, 1.165) is 23.7 Å². The summed E-state index contributed by atoms with van der Waals surface area (Å²) in [4.78, 5) is 0. The van der Waals surface area contributed by atoms with Gasteiger partial charge in [0.1, 0.15) is 0 Å². The molecule has 0 amide bonds. The van der Waals surface area contributed by atoms with Crippen molar-refractivity contribution in [2.75, 3.05) is 0 Å². The van der Waals surface area contributed by atoms with E-state index in [-0.39, 0.29) is 0 Å². The van der Waals surface area contributed by atoms with Gasteiger partial charge in [-0.2, -0.15) is 0 Å². The molecule has 0 aromatic heterocycles. The first-order valence-electron chi connectivity index (χ1n) is 6.38. The van der Waals surface area contributed by atoms with E-state index in [0.29, 0.717) is 5.41 Å². The molecule has 1 radical (unpaired) electrons. The molecule has 0 aromatic carbocycles. The minimum atomic E-state index is 0.535. The van der Waals surface area contributed by atoms with Gasteiger partial charge < -0.3 is 0 Å². The van der Waals surface area contributed by atoms with Gasteiger partial charge in [0.2, 0.25) is 0 Å². The predicted octanol–water partition coefficient (Wildman–Crippen LogP) is 4.06. The second-order valence-electron chi connectivity index (χ2n) is 7.11. The topological polar surface area (TPSA) is 0 Å². The molecule has 4 fully saturated rings. The van der Waals surface area contributed by atoms with Crippen LogP contribution in [0.4, 0.5) is 0 Å². The van der Waals surface area contributed by atoms with E-state index >= 15 is 0 Å². The molecule has 0 aliphatic heterocycles. The Hall–Kier alpha value is 0. The second-order valence-corrected chi connectivity index (χ2v) is 7.11. The van der Waals surface area contributed by atoms with Crippen molar-refractivity contribution in [2.24, 2.45) is 29.1 Å². The lowest BCUT2D eigenvalue weighted by atomic mass is 9.47. The quantitative estimate of drug-likeness (QED) is 0.541. The third-order valence-corrected chi connectivity index (χ3v) is 4.88. The lowest BCUT2D eigenvalue weighted by Crippen LogP contribution is -2.48. The van der Waals surface area contributed by atoms with Crippen molar-refractivity contribution >= 4 is 0 Å². The van der Waals surface area contributed by atoms with Crippen molar-refractivity contribution in [1.29, 1.82) is 0 Å². The Balaban J connectivity index is 1.88. The van der Waals surface area contributed by atoms with Gasteiger partial charge in [0.05, 0.1) is 0 Å². The molecular formula is C14H23. The summed E-state index contributed by atoms with van der Waals surface area (Å²) in [7, 11) is 0. The van der Waals surface area contributed by atoms with E-state index < -0.39 is 0 Å². The van der Waals surface area contributed by atoms with Gasteiger partial charge in [-0.15, -0.1) is 0 Å². The third kappa shape index (κ3) is 1.26. The van der Waals surface area contributed by atoms with Crippen LogP contribution in [0.25, 0.3) is 0 Å². The van der Waals surface area contributed by atoms with Gasteiger partial charge in [0.25, 0.3) is 0 Å². The highest BCUT2D eigenvalue weighted by Gasteiger charge is 2.51. The van der Waals surface area contributed by atoms with Crippen LogP contribution in [0.1, 0.15) is 52.9 Å². The molecule has 0 nitrogen and oxygen atoms in total. The van der Waals surface area contributed by atoms with Crippen LogP contribution in [-0.2, 0) is 0 Å². The Labute approximate surface area is 88.5 Å². The number of rotatable bonds is 0. The van der Waals surface area contributed by atoms with Crippen LogP contribution in [0, 0.1) is 35.0 Å². The highest BCUT2D eigenvalue weighted by atomic mass is 14.6. The van der Waals surface area contributed by atoms with Gasteiger partial charge in [-0.3, -0.25) is 0 Å². The van der Waals surface area contributed by atoms with Crippen LogP contribution >= 0.6 is 0 Å². The van der Waals surface area contributed by atoms with Crippen LogP contribution in [0.3, 0.4) is 0 Å². The van der Waals surface area contributed by atoms with Gasteiger partial charge in [0, 0.05) is 0 Å². The van der Waals surface area contributed by atoms with Crippen molar-refractivity contribution in [3.63, 3.8) is 0 Å². The van der Waals surface area contributed by atoms with Crippen molar-refractivity contribution < 1.29 is 0 Å². The van der Waals surface area contributed by atoms with Gasteiger partial charge in [-0.1, -0.05) is 20.8 Å². The van der Waals surface area contributed by atoms with Crippen LogP contribution in [0.15, 0.2) is 0 Å². The fraction of sp³-hybridized carbons (Fsp3) is 0.929. The van der Waals surface area contributed by atoms with E-state index in [4.69, 9.17) is 0 Å². The smallest absolute Gasteiger partial charge is 0.0197 e. The van der Waals surface area contributed by atoms with E-state index in [2.05, 4.69) is 20.8 Å². The molecule has 0 heterocycles. The molecule has 0 N–H and O–H groups in total. The molecule has 79 valence electrons. The third-order valence-electron chi connectivity index (χ3n) is 4.88. The summed E-state index contributed by atoms with van der Waals surface area (Å²) < 4.78 is 0. The second kappa shape index (κ2) is 2.77. The summed E-state index contributed by atoms with van der Waals surface area (Å²) in [5, 5.41) is 0. The average Bonchev–Trinajstić information content (AvgIpc) is 1.97. The number of hydrogen-bond donors (Lipinski definition) is 0. The standard InChI is InChI=1S/C14H23/c1-14(2,3)13-11-5-9-4-10(7-11)8-12(13)6-9/h9-11,13H,4-8H2,1-3H3. The van der Waals surface area contributed by atoms with Crippen LogP contribution in [0.5, 0.6) is 0 Å². The Morgan fingerprint density at radius 2 is 1.50 bits per heavy atom. The van der Waals surface area contributed by atoms with E-state index in [1.165, 1.54) is 12.8 Å². The molecule has 4 aliphatic rings. The maximum atomic E-state index is 2.45. The molecule has 0 saturated heterocycles. The van der Waals surface area contributed by atoms with Crippen molar-refractivity contribution in [2.45, 2.75) is 52.9 Å². The lowest BCUT2D eigenvalue weighted by molar-refractivity contribution is -0.00612. The zero-order valence-corrected chi connectivity index (χ0v) is 9.84. The van der Waals surface area contributed by atoms with E-state index in [1.807, 2.05) is 5.92 Å². The lowest BCUT2D eigenvalue weighted by Gasteiger charge is -2.58. The normalized spacial score (nSPS) is 47.4. The average molecular weight is 191 g/mol. The van der Waals surface area contributed by atoms with Crippen molar-refractivity contribution in [1.82, 2.24) is 0 Å². The molecule has 3 atom stereocenters. The SMILES string of the molecule is CC(C)(C)C1[C]2CC3CC(C2)CC1C3. The van der Waals surface area contributed by atoms with Crippen LogP contribution in [-0.4, -0.2) is 0 Å². The zero-order chi connectivity index (χ0) is 9.92. The molecular weight excluding hydrogens is 168 g/mol. The summed E-state index contributed by atoms with van der Waals surface area (Å²) in [6.45, 7) is 7.35. The summed E-state index contributed by atoms with van der Waals surface area (Å²) in [6, 6.07) is 0. The molecule has 0 heteroatoms. The highest BCUT2D eigenvalue weighted by Crippen LogP contribution is 2.61. The van der Waals surface area contributed by atoms with Crippen molar-refractivity contribution in [3.8, 4) is 0 Å². The van der Waals surface area contributed by atoms with Gasteiger partial charge in [-0.25, -0.2) is 0 Å². The number of hydrogen-bond acceptors (Lipinski definition) is 0. The molecule has 3 unspecified atom stereocenters. The highest BCUT2D eigenvalue weighted by molar-refractivity contribution is 5.15. The monoisotopic (exact) mass is 191 g/mol. The summed E-state index contributed by atoms with van der Waals surface area (Å²) in [6.07, 6.45) is 7.67. The first kappa shape index (κ1) is 9.24. The Morgan fingerprint density at radius 3 is 1.93 bits per heavy atom. The molecule has 0 aromatic rings. The fourth-order valence-corrected chi connectivity index (χ4v) is 4.95. The van der Waals surface area contributed by atoms with E-state index in [1.54, 1.807) is 19.3 Å². The molecule has 4 bridgehead atoms. The molecule has 14 heavy (non-hydrogen) atoms. The Kier molecular flexibility index (Phi) is 1.83. The molecule has 0 spiro atoms. The van der Waals surface area contributed by atoms with Gasteiger partial charge in [0.15, 0.2) is 0 Å². The summed E-state index contributed by atoms with van der Waals surface area (Å²) >= 11 is 0. The van der Waals surface area contributed by atoms with E-state index in [9.17, 15) is 0 Å². The van der Waals surface area contributed by atoms with Crippen LogP contribution < -0.4 is 0 Å². The zero-order valence-electron chi connectivity index (χ0n) is 9.84. The first-order chi connectivity index (χ1) is 6.54. The van der Waals surface area contributed by atoms with Gasteiger partial charge in [-0.05, 0) is 67.1 Å². The van der Waals surface area contributed by atoms with Gasteiger partial charge >= 0.3 is 0 Å².